The maximum Gasteiger partial charge on any atom is 0.255 e. The van der Waals surface area contributed by atoms with E-state index in [4.69, 9.17) is 4.74 Å². The highest BCUT2D eigenvalue weighted by molar-refractivity contribution is 6.06. The molecule has 3 rings (SSSR count). The lowest BCUT2D eigenvalue weighted by molar-refractivity contribution is 0.0303. The molecule has 1 saturated heterocycles. The van der Waals surface area contributed by atoms with Crippen molar-refractivity contribution in [2.75, 3.05) is 31.6 Å². The predicted molar refractivity (Wildman–Crippen MR) is 97.0 cm³/mol. The Labute approximate surface area is 147 Å². The fraction of sp³-hybridized carbons (Fsp3) is 0.300. The van der Waals surface area contributed by atoms with Gasteiger partial charge in [0, 0.05) is 29.9 Å². The minimum atomic E-state index is -0.222. The Hall–Kier alpha value is -2.66. The quantitative estimate of drug-likeness (QED) is 0.936. The van der Waals surface area contributed by atoms with Crippen LogP contribution in [0.5, 0.6) is 0 Å². The molecular formula is C20H22N2O3. The first kappa shape index (κ1) is 17.2. The molecule has 0 saturated carbocycles. The summed E-state index contributed by atoms with van der Waals surface area (Å²) >= 11 is 0. The van der Waals surface area contributed by atoms with E-state index in [-0.39, 0.29) is 11.8 Å². The van der Waals surface area contributed by atoms with Crippen molar-refractivity contribution in [1.29, 1.82) is 0 Å². The maximum absolute atomic E-state index is 12.6. The van der Waals surface area contributed by atoms with Crippen molar-refractivity contribution in [1.82, 2.24) is 4.90 Å². The number of ether oxygens (including phenoxy) is 1. The van der Waals surface area contributed by atoms with Crippen LogP contribution in [0.25, 0.3) is 0 Å². The molecule has 5 heteroatoms. The third-order valence-corrected chi connectivity index (χ3v) is 4.43. The van der Waals surface area contributed by atoms with Gasteiger partial charge in [-0.15, -0.1) is 0 Å². The van der Waals surface area contributed by atoms with Gasteiger partial charge in [-0.2, -0.15) is 0 Å². The van der Waals surface area contributed by atoms with Crippen molar-refractivity contribution >= 4 is 17.5 Å². The lowest BCUT2D eigenvalue weighted by Gasteiger charge is -2.27. The van der Waals surface area contributed by atoms with E-state index in [1.54, 1.807) is 29.2 Å². The number of amides is 2. The van der Waals surface area contributed by atoms with E-state index < -0.39 is 0 Å². The Morgan fingerprint density at radius 1 is 0.960 bits per heavy atom. The van der Waals surface area contributed by atoms with Crippen LogP contribution in [0.1, 0.15) is 31.8 Å². The van der Waals surface area contributed by atoms with Crippen LogP contribution in [0.3, 0.4) is 0 Å². The molecule has 1 N–H and O–H groups in total. The lowest BCUT2D eigenvalue weighted by atomic mass is 10.1. The number of hydrogen-bond acceptors (Lipinski definition) is 3. The maximum atomic E-state index is 12.6. The zero-order chi connectivity index (χ0) is 17.8. The van der Waals surface area contributed by atoms with Gasteiger partial charge in [-0.25, -0.2) is 0 Å². The van der Waals surface area contributed by atoms with E-state index in [1.165, 1.54) is 5.56 Å². The molecular weight excluding hydrogens is 316 g/mol. The largest absolute Gasteiger partial charge is 0.378 e. The summed E-state index contributed by atoms with van der Waals surface area (Å²) in [6, 6.07) is 12.6. The Morgan fingerprint density at radius 3 is 2.40 bits per heavy atom. The van der Waals surface area contributed by atoms with E-state index in [1.807, 2.05) is 32.0 Å². The Kier molecular flexibility index (Phi) is 5.14. The minimum absolute atomic E-state index is 0.0656. The van der Waals surface area contributed by atoms with E-state index in [0.717, 1.165) is 11.3 Å². The average Bonchev–Trinajstić information content (AvgIpc) is 2.65. The van der Waals surface area contributed by atoms with Crippen LogP contribution >= 0.6 is 0 Å². The average molecular weight is 338 g/mol. The fourth-order valence-corrected chi connectivity index (χ4v) is 2.76. The molecule has 0 radical (unpaired) electrons. The number of carbonyl (C=O) groups is 2. The molecule has 2 aromatic carbocycles. The summed E-state index contributed by atoms with van der Waals surface area (Å²) in [5, 5.41) is 2.89. The van der Waals surface area contributed by atoms with Crippen molar-refractivity contribution in [3.05, 3.63) is 64.7 Å². The number of nitrogens with one attached hydrogen (secondary N) is 1. The predicted octanol–water partition coefficient (Wildman–Crippen LogP) is 3.03. The van der Waals surface area contributed by atoms with E-state index in [2.05, 4.69) is 5.32 Å². The molecule has 130 valence electrons. The number of benzene rings is 2. The molecule has 2 amide bonds. The summed E-state index contributed by atoms with van der Waals surface area (Å²) in [5.41, 5.74) is 4.04. The van der Waals surface area contributed by atoms with Crippen LogP contribution in [0.4, 0.5) is 5.69 Å². The monoisotopic (exact) mass is 338 g/mol. The summed E-state index contributed by atoms with van der Waals surface area (Å²) in [5.74, 6) is -0.288. The summed E-state index contributed by atoms with van der Waals surface area (Å²) in [7, 11) is 0. The van der Waals surface area contributed by atoms with Crippen LogP contribution in [0.15, 0.2) is 42.5 Å². The number of morpholine rings is 1. The number of aryl methyl sites for hydroxylation is 2. The molecule has 0 spiro atoms. The molecule has 1 heterocycles. The van der Waals surface area contributed by atoms with Crippen LogP contribution in [-0.4, -0.2) is 43.0 Å². The van der Waals surface area contributed by atoms with Crippen LogP contribution < -0.4 is 5.32 Å². The summed E-state index contributed by atoms with van der Waals surface area (Å²) < 4.78 is 5.27. The van der Waals surface area contributed by atoms with Crippen molar-refractivity contribution < 1.29 is 14.3 Å². The third-order valence-electron chi connectivity index (χ3n) is 4.43. The van der Waals surface area contributed by atoms with Crippen molar-refractivity contribution in [3.8, 4) is 0 Å². The summed E-state index contributed by atoms with van der Waals surface area (Å²) in [4.78, 5) is 26.8. The Bertz CT molecular complexity index is 795. The number of hydrogen-bond donors (Lipinski definition) is 1. The summed E-state index contributed by atoms with van der Waals surface area (Å²) in [6.45, 7) is 6.31. The van der Waals surface area contributed by atoms with Crippen LogP contribution in [-0.2, 0) is 4.74 Å². The van der Waals surface area contributed by atoms with Crippen LogP contribution in [0, 0.1) is 13.8 Å². The molecule has 0 atom stereocenters. The third kappa shape index (κ3) is 4.06. The second-order valence-corrected chi connectivity index (χ2v) is 6.24. The first-order valence-corrected chi connectivity index (χ1v) is 8.40. The van der Waals surface area contributed by atoms with Gasteiger partial charge >= 0.3 is 0 Å². The zero-order valence-electron chi connectivity index (χ0n) is 14.5. The van der Waals surface area contributed by atoms with Gasteiger partial charge in [-0.1, -0.05) is 12.1 Å². The standard InChI is InChI=1S/C20H22N2O3/c1-14-6-7-18(12-15(14)2)21-19(23)16-4-3-5-17(13-16)20(24)22-8-10-25-11-9-22/h3-7,12-13H,8-11H2,1-2H3,(H,21,23). The van der Waals surface area contributed by atoms with Gasteiger partial charge in [0.05, 0.1) is 13.2 Å². The number of rotatable bonds is 3. The molecule has 5 nitrogen and oxygen atoms in total. The molecule has 25 heavy (non-hydrogen) atoms. The number of anilines is 1. The molecule has 0 aromatic heterocycles. The number of carbonyl (C=O) groups excluding carboxylic acids is 2. The minimum Gasteiger partial charge on any atom is -0.378 e. The molecule has 1 fully saturated rings. The van der Waals surface area contributed by atoms with Gasteiger partial charge in [-0.3, -0.25) is 9.59 Å². The van der Waals surface area contributed by atoms with Gasteiger partial charge in [0.1, 0.15) is 0 Å². The lowest BCUT2D eigenvalue weighted by Crippen LogP contribution is -2.40. The van der Waals surface area contributed by atoms with E-state index in [0.29, 0.717) is 37.4 Å². The molecule has 1 aliphatic heterocycles. The number of nitrogens with zero attached hydrogens (tertiary/aromatic N) is 1. The van der Waals surface area contributed by atoms with Gasteiger partial charge in [0.25, 0.3) is 11.8 Å². The van der Waals surface area contributed by atoms with Crippen molar-refractivity contribution in [3.63, 3.8) is 0 Å². The highest BCUT2D eigenvalue weighted by Gasteiger charge is 2.19. The van der Waals surface area contributed by atoms with Gasteiger partial charge in [0.15, 0.2) is 0 Å². The Balaban J connectivity index is 1.74. The molecule has 0 aliphatic carbocycles. The Morgan fingerprint density at radius 2 is 1.68 bits per heavy atom. The SMILES string of the molecule is Cc1ccc(NC(=O)c2cccc(C(=O)N3CCOCC3)c2)cc1C. The normalized spacial score (nSPS) is 14.2. The molecule has 2 aromatic rings. The smallest absolute Gasteiger partial charge is 0.255 e. The van der Waals surface area contributed by atoms with Crippen molar-refractivity contribution in [2.24, 2.45) is 0 Å². The van der Waals surface area contributed by atoms with Gasteiger partial charge in [-0.05, 0) is 55.3 Å². The van der Waals surface area contributed by atoms with E-state index in [9.17, 15) is 9.59 Å². The second kappa shape index (κ2) is 7.49. The fourth-order valence-electron chi connectivity index (χ4n) is 2.76. The van der Waals surface area contributed by atoms with E-state index >= 15 is 0 Å². The van der Waals surface area contributed by atoms with Gasteiger partial charge < -0.3 is 15.0 Å². The molecule has 0 unspecified atom stereocenters. The first-order chi connectivity index (χ1) is 12.0. The van der Waals surface area contributed by atoms with Gasteiger partial charge in [0.2, 0.25) is 0 Å². The topological polar surface area (TPSA) is 58.6 Å². The second-order valence-electron chi connectivity index (χ2n) is 6.24. The zero-order valence-corrected chi connectivity index (χ0v) is 14.5. The first-order valence-electron chi connectivity index (χ1n) is 8.40. The van der Waals surface area contributed by atoms with Crippen LogP contribution in [0.2, 0.25) is 0 Å². The van der Waals surface area contributed by atoms with Crippen molar-refractivity contribution in [2.45, 2.75) is 13.8 Å². The molecule has 0 bridgehead atoms. The summed E-state index contributed by atoms with van der Waals surface area (Å²) in [6.07, 6.45) is 0. The molecule has 1 aliphatic rings. The highest BCUT2D eigenvalue weighted by atomic mass is 16.5. The highest BCUT2D eigenvalue weighted by Crippen LogP contribution is 2.16.